The maximum Gasteiger partial charge on any atom is 0.320 e. The van der Waals surface area contributed by atoms with Crippen LogP contribution in [0.15, 0.2) is 0 Å². The van der Waals surface area contributed by atoms with Crippen LogP contribution in [0.5, 0.6) is 0 Å². The quantitative estimate of drug-likeness (QED) is 0.476. The van der Waals surface area contributed by atoms with Gasteiger partial charge >= 0.3 is 12.0 Å². The summed E-state index contributed by atoms with van der Waals surface area (Å²) in [7, 11) is 1.43. The zero-order chi connectivity index (χ0) is 15.0. The number of urea groups is 1. The first kappa shape index (κ1) is 16.7. The molecule has 0 aliphatic carbocycles. The molecule has 0 fully saturated rings. The third-order valence-corrected chi connectivity index (χ3v) is 2.17. The van der Waals surface area contributed by atoms with Gasteiger partial charge < -0.3 is 26.4 Å². The number of nitrogens with two attached hydrogens (primary N) is 2. The Morgan fingerprint density at radius 3 is 1.89 bits per heavy atom. The van der Waals surface area contributed by atoms with Crippen molar-refractivity contribution in [3.05, 3.63) is 0 Å². The van der Waals surface area contributed by atoms with Crippen LogP contribution >= 0.6 is 0 Å². The molecule has 0 radical (unpaired) electrons. The Balaban J connectivity index is 4.46. The lowest BCUT2D eigenvalue weighted by Crippen LogP contribution is -2.48. The van der Waals surface area contributed by atoms with Gasteiger partial charge in [-0.15, -0.1) is 0 Å². The number of nitrogens with zero attached hydrogens (tertiary/aromatic N) is 2. The van der Waals surface area contributed by atoms with Gasteiger partial charge in [-0.25, -0.2) is 4.79 Å². The first-order valence-corrected chi connectivity index (χ1v) is 5.52. The highest BCUT2D eigenvalue weighted by atomic mass is 16.4. The third-order valence-electron chi connectivity index (χ3n) is 2.17. The van der Waals surface area contributed by atoms with Gasteiger partial charge in [-0.05, 0) is 6.42 Å². The van der Waals surface area contributed by atoms with E-state index in [9.17, 15) is 19.2 Å². The number of carbonyl (C=O) groups is 4. The van der Waals surface area contributed by atoms with Crippen LogP contribution in [0.1, 0.15) is 12.8 Å². The van der Waals surface area contributed by atoms with Gasteiger partial charge in [-0.1, -0.05) is 0 Å². The van der Waals surface area contributed by atoms with E-state index in [0.29, 0.717) is 0 Å². The van der Waals surface area contributed by atoms with Crippen LogP contribution in [-0.4, -0.2) is 65.4 Å². The number of carbonyl (C=O) groups excluding carboxylic acids is 3. The van der Waals surface area contributed by atoms with Crippen LogP contribution in [0.3, 0.4) is 0 Å². The lowest BCUT2D eigenvalue weighted by atomic mass is 10.3. The smallest absolute Gasteiger partial charge is 0.320 e. The summed E-state index contributed by atoms with van der Waals surface area (Å²) in [5.41, 5.74) is 9.93. The van der Waals surface area contributed by atoms with Crippen LogP contribution in [0.2, 0.25) is 0 Å². The molecule has 0 aliphatic rings. The largest absolute Gasteiger partial charge is 0.481 e. The number of hydrogen-bond donors (Lipinski definition) is 3. The fraction of sp³-hybridized carbons (Fsp3) is 0.600. The zero-order valence-electron chi connectivity index (χ0n) is 10.7. The van der Waals surface area contributed by atoms with E-state index in [0.717, 1.165) is 4.90 Å². The maximum atomic E-state index is 11.9. The Morgan fingerprint density at radius 1 is 1.05 bits per heavy atom. The number of carboxylic acid groups (broad SMARTS) is 1. The average molecular weight is 274 g/mol. The molecule has 0 spiro atoms. The van der Waals surface area contributed by atoms with E-state index in [1.54, 1.807) is 0 Å². The second-order valence-corrected chi connectivity index (χ2v) is 3.99. The normalized spacial score (nSPS) is 9.74. The highest BCUT2D eigenvalue weighted by Crippen LogP contribution is 2.00. The first-order chi connectivity index (χ1) is 8.73. The summed E-state index contributed by atoms with van der Waals surface area (Å²) in [6, 6.07) is -0.608. The SMILES string of the molecule is CN(CCCC(=O)O)C(=O)N(CC(N)=O)CC(N)=O. The van der Waals surface area contributed by atoms with Crippen LogP contribution < -0.4 is 11.5 Å². The van der Waals surface area contributed by atoms with Crippen LogP contribution in [0.4, 0.5) is 4.79 Å². The Kier molecular flexibility index (Phi) is 6.94. The summed E-state index contributed by atoms with van der Waals surface area (Å²) in [6.07, 6.45) is 0.182. The molecule has 0 rings (SSSR count). The minimum Gasteiger partial charge on any atom is -0.481 e. The lowest BCUT2D eigenvalue weighted by molar-refractivity contribution is -0.137. The molecular formula is C10H18N4O5. The predicted octanol–water partition coefficient (Wildman–Crippen LogP) is -1.82. The third kappa shape index (κ3) is 7.58. The van der Waals surface area contributed by atoms with Crippen LogP contribution in [0.25, 0.3) is 0 Å². The number of carboxylic acids is 1. The highest BCUT2D eigenvalue weighted by Gasteiger charge is 2.21. The number of aliphatic carboxylic acids is 1. The van der Waals surface area contributed by atoms with Crippen molar-refractivity contribution in [3.8, 4) is 0 Å². The molecule has 0 aromatic rings. The lowest BCUT2D eigenvalue weighted by Gasteiger charge is -2.26. The molecule has 0 saturated carbocycles. The van der Waals surface area contributed by atoms with Crippen LogP contribution in [-0.2, 0) is 14.4 Å². The van der Waals surface area contributed by atoms with Gasteiger partial charge in [-0.2, -0.15) is 0 Å². The fourth-order valence-corrected chi connectivity index (χ4v) is 1.37. The van der Waals surface area contributed by atoms with E-state index in [2.05, 4.69) is 0 Å². The first-order valence-electron chi connectivity index (χ1n) is 5.52. The van der Waals surface area contributed by atoms with Crippen LogP contribution in [0, 0.1) is 0 Å². The number of hydrogen-bond acceptors (Lipinski definition) is 4. The van der Waals surface area contributed by atoms with Crippen molar-refractivity contribution in [3.63, 3.8) is 0 Å². The minimum atomic E-state index is -0.966. The van der Waals surface area contributed by atoms with E-state index in [-0.39, 0.29) is 19.4 Å². The highest BCUT2D eigenvalue weighted by molar-refractivity contribution is 5.87. The molecule has 19 heavy (non-hydrogen) atoms. The Labute approximate surface area is 110 Å². The fourth-order valence-electron chi connectivity index (χ4n) is 1.37. The van der Waals surface area contributed by atoms with Crippen molar-refractivity contribution < 1.29 is 24.3 Å². The van der Waals surface area contributed by atoms with Crippen molar-refractivity contribution in [1.29, 1.82) is 0 Å². The molecule has 9 heteroatoms. The number of primary amides is 2. The molecule has 108 valence electrons. The zero-order valence-corrected chi connectivity index (χ0v) is 10.7. The Hall–Kier alpha value is -2.32. The minimum absolute atomic E-state index is 0.0801. The summed E-state index contributed by atoms with van der Waals surface area (Å²) >= 11 is 0. The van der Waals surface area contributed by atoms with Crippen molar-refractivity contribution in [2.45, 2.75) is 12.8 Å². The Bertz CT molecular complexity index is 355. The van der Waals surface area contributed by atoms with Gasteiger partial charge in [0.05, 0.1) is 0 Å². The van der Waals surface area contributed by atoms with Gasteiger partial charge in [0.15, 0.2) is 0 Å². The predicted molar refractivity (Wildman–Crippen MR) is 64.9 cm³/mol. The van der Waals surface area contributed by atoms with E-state index in [4.69, 9.17) is 16.6 Å². The second-order valence-electron chi connectivity index (χ2n) is 3.99. The number of rotatable bonds is 8. The standard InChI is InChI=1S/C10H18N4O5/c1-13(4-2-3-9(17)18)10(19)14(5-7(11)15)6-8(12)16/h2-6H2,1H3,(H2,11,15)(H2,12,16)(H,17,18). The molecule has 0 bridgehead atoms. The molecule has 0 aromatic carbocycles. The summed E-state index contributed by atoms with van der Waals surface area (Å²) in [6.45, 7) is -0.671. The van der Waals surface area contributed by atoms with Crippen molar-refractivity contribution >= 4 is 23.8 Å². The summed E-state index contributed by atoms with van der Waals surface area (Å²) < 4.78 is 0. The molecule has 4 amide bonds. The van der Waals surface area contributed by atoms with Gasteiger partial charge in [0.2, 0.25) is 11.8 Å². The Morgan fingerprint density at radius 2 is 1.53 bits per heavy atom. The van der Waals surface area contributed by atoms with E-state index in [1.165, 1.54) is 11.9 Å². The molecule has 0 aromatic heterocycles. The molecule has 5 N–H and O–H groups in total. The van der Waals surface area contributed by atoms with Gasteiger partial charge in [0, 0.05) is 20.0 Å². The van der Waals surface area contributed by atoms with E-state index >= 15 is 0 Å². The van der Waals surface area contributed by atoms with Crippen molar-refractivity contribution in [1.82, 2.24) is 9.80 Å². The molecule has 0 unspecified atom stereocenters. The van der Waals surface area contributed by atoms with Gasteiger partial charge in [-0.3, -0.25) is 14.4 Å². The summed E-state index contributed by atoms with van der Waals surface area (Å²) in [4.78, 5) is 45.9. The van der Waals surface area contributed by atoms with Crippen molar-refractivity contribution in [2.24, 2.45) is 11.5 Å². The molecule has 0 atom stereocenters. The van der Waals surface area contributed by atoms with Gasteiger partial charge in [0.25, 0.3) is 0 Å². The molecule has 0 saturated heterocycles. The molecular weight excluding hydrogens is 256 g/mol. The topological polar surface area (TPSA) is 147 Å². The molecule has 0 heterocycles. The summed E-state index contributed by atoms with van der Waals surface area (Å²) in [5, 5.41) is 8.48. The second kappa shape index (κ2) is 7.90. The van der Waals surface area contributed by atoms with E-state index < -0.39 is 36.9 Å². The molecule has 0 aliphatic heterocycles. The van der Waals surface area contributed by atoms with E-state index in [1.807, 2.05) is 0 Å². The van der Waals surface area contributed by atoms with Gasteiger partial charge in [0.1, 0.15) is 13.1 Å². The summed E-state index contributed by atoms with van der Waals surface area (Å²) in [5.74, 6) is -2.51. The van der Waals surface area contributed by atoms with Crippen molar-refractivity contribution in [2.75, 3.05) is 26.7 Å². The molecule has 9 nitrogen and oxygen atoms in total. The number of amides is 4. The average Bonchev–Trinajstić information content (AvgIpc) is 2.25. The maximum absolute atomic E-state index is 11.9. The monoisotopic (exact) mass is 274 g/mol.